The molecule has 0 amide bonds. The topological polar surface area (TPSA) is 0 Å². The molecule has 0 saturated heterocycles. The van der Waals surface area contributed by atoms with Crippen LogP contribution in [0.4, 0.5) is 26.3 Å². The van der Waals surface area contributed by atoms with Gasteiger partial charge in [-0.1, -0.05) is 0 Å². The van der Waals surface area contributed by atoms with Crippen LogP contribution in [0.15, 0.2) is 139 Å². The number of alkyl halides is 6. The van der Waals surface area contributed by atoms with Crippen LogP contribution in [0.2, 0.25) is 0 Å². The first-order valence-corrected chi connectivity index (χ1v) is 25.5. The summed E-state index contributed by atoms with van der Waals surface area (Å²) in [6.07, 6.45) is -1.25. The van der Waals surface area contributed by atoms with E-state index in [-0.39, 0.29) is 18.4 Å². The van der Waals surface area contributed by atoms with Crippen LogP contribution in [0.3, 0.4) is 0 Å². The monoisotopic (exact) mass is 873 g/mol. The van der Waals surface area contributed by atoms with Crippen molar-refractivity contribution >= 4 is 35.3 Å². The second-order valence-corrected chi connectivity index (χ2v) is 23.9. The molecular weight excluding hydrogens is 834 g/mol. The van der Waals surface area contributed by atoms with E-state index in [0.29, 0.717) is 11.1 Å². The van der Waals surface area contributed by atoms with Gasteiger partial charge in [0.2, 0.25) is 0 Å². The predicted molar refractivity (Wildman–Crippen MR) is 224 cm³/mol. The number of allylic oxidation sites excluding steroid dienone is 2. The van der Waals surface area contributed by atoms with Crippen molar-refractivity contribution < 1.29 is 48.1 Å². The van der Waals surface area contributed by atoms with Crippen LogP contribution in [0, 0.1) is 0 Å². The molecule has 2 aliphatic carbocycles. The van der Waals surface area contributed by atoms with Gasteiger partial charge in [0.15, 0.2) is 0 Å². The standard InChI is InChI=1S/2C19H16F3.C12H9Si.Zr/c2*1-2-6-13-11-14-7-5-9-15(17(14)12-13)16-8-3-4-10-18(16)19(20,21)22;1-3-7-11-9(5-1)10-6-2-4-8-12(10)13-11;/h2*3-5,7-12H,2,6H2,1H3;1-7H,13H2;. The molecule has 8 heteroatoms. The molecule has 1 aliphatic heterocycles. The van der Waals surface area contributed by atoms with Gasteiger partial charge in [-0.05, 0) is 0 Å². The number of fused-ring (bicyclic) bond motifs is 5. The molecule has 58 heavy (non-hydrogen) atoms. The first-order chi connectivity index (χ1) is 28.0. The van der Waals surface area contributed by atoms with E-state index in [1.165, 1.54) is 60.2 Å². The van der Waals surface area contributed by atoms with Gasteiger partial charge in [-0.3, -0.25) is 0 Å². The van der Waals surface area contributed by atoms with E-state index >= 15 is 0 Å². The van der Waals surface area contributed by atoms with E-state index in [2.05, 4.69) is 80.6 Å². The van der Waals surface area contributed by atoms with Gasteiger partial charge in [0.05, 0.1) is 0 Å². The van der Waals surface area contributed by atoms with Gasteiger partial charge in [-0.2, -0.15) is 0 Å². The summed E-state index contributed by atoms with van der Waals surface area (Å²) < 4.78 is 89.0. The summed E-state index contributed by atoms with van der Waals surface area (Å²) in [4.78, 5) is 0. The van der Waals surface area contributed by atoms with Crippen molar-refractivity contribution in [1.29, 1.82) is 0 Å². The van der Waals surface area contributed by atoms with Crippen molar-refractivity contribution in [2.24, 2.45) is 0 Å². The Kier molecular flexibility index (Phi) is 10.3. The Labute approximate surface area is 345 Å². The van der Waals surface area contributed by atoms with Gasteiger partial charge in [0.25, 0.3) is 0 Å². The molecular formula is C50H41F6SiZr. The summed E-state index contributed by atoms with van der Waals surface area (Å²) in [5.41, 5.74) is 9.26. The molecule has 0 fully saturated rings. The Balaban J connectivity index is 1.31. The molecule has 3 aliphatic rings. The van der Waals surface area contributed by atoms with Crippen LogP contribution in [0.1, 0.15) is 80.2 Å². The quantitative estimate of drug-likeness (QED) is 0.100. The first kappa shape index (κ1) is 39.0. The average molecular weight is 875 g/mol. The summed E-state index contributed by atoms with van der Waals surface area (Å²) in [7, 11) is -0.875. The van der Waals surface area contributed by atoms with Crippen LogP contribution >= 0.6 is 0 Å². The number of benzene rings is 6. The molecule has 0 radical (unpaired) electrons. The SMILES string of the molecule is CCCC1=Cc2c(-c3ccccc3C(F)(F)F)cccc2[CH]1[Zr]([c]1cccc2c1[SiH2]c1ccccc1-2)[CH]1C(CCC)=Cc2c(-c3ccccc3C(F)(F)F)cccc21. The van der Waals surface area contributed by atoms with Gasteiger partial charge in [0.1, 0.15) is 0 Å². The summed E-state index contributed by atoms with van der Waals surface area (Å²) in [6.45, 7) is 4.32. The second-order valence-electron chi connectivity index (χ2n) is 15.6. The molecule has 0 saturated carbocycles. The zero-order valence-corrected chi connectivity index (χ0v) is 36.1. The van der Waals surface area contributed by atoms with Gasteiger partial charge in [-0.15, -0.1) is 0 Å². The summed E-state index contributed by atoms with van der Waals surface area (Å²) in [6, 6.07) is 39.0. The van der Waals surface area contributed by atoms with Crippen LogP contribution in [-0.4, -0.2) is 9.52 Å². The molecule has 9 rings (SSSR count). The summed E-state index contributed by atoms with van der Waals surface area (Å²) in [5.74, 6) is 0. The minimum atomic E-state index is -4.52. The van der Waals surface area contributed by atoms with Crippen molar-refractivity contribution in [2.45, 2.75) is 59.1 Å². The fourth-order valence-corrected chi connectivity index (χ4v) is 24.0. The maximum atomic E-state index is 14.6. The zero-order chi connectivity index (χ0) is 40.3. The Morgan fingerprint density at radius 1 is 0.483 bits per heavy atom. The molecule has 291 valence electrons. The minimum absolute atomic E-state index is 0.0156. The van der Waals surface area contributed by atoms with Crippen LogP contribution in [0.5, 0.6) is 0 Å². The Morgan fingerprint density at radius 2 is 0.914 bits per heavy atom. The Hall–Kier alpha value is -4.52. The summed E-state index contributed by atoms with van der Waals surface area (Å²) >= 11 is -3.32. The van der Waals surface area contributed by atoms with Gasteiger partial charge in [-0.25, -0.2) is 0 Å². The van der Waals surface area contributed by atoms with E-state index in [1.807, 2.05) is 24.3 Å². The molecule has 0 spiro atoms. The van der Waals surface area contributed by atoms with Crippen molar-refractivity contribution in [3.63, 3.8) is 0 Å². The average Bonchev–Trinajstić information content (AvgIpc) is 3.90. The number of hydrogen-bond donors (Lipinski definition) is 0. The van der Waals surface area contributed by atoms with Crippen LogP contribution < -0.4 is 13.6 Å². The molecule has 1 heterocycles. The zero-order valence-electron chi connectivity index (χ0n) is 32.2. The third-order valence-corrected chi connectivity index (χ3v) is 24.3. The Morgan fingerprint density at radius 3 is 1.41 bits per heavy atom. The molecule has 2 atom stereocenters. The molecule has 0 nitrogen and oxygen atoms in total. The third kappa shape index (κ3) is 6.65. The molecule has 0 N–H and O–H groups in total. The first-order valence-electron chi connectivity index (χ1n) is 20.1. The van der Waals surface area contributed by atoms with E-state index in [0.717, 1.165) is 47.9 Å². The molecule has 6 aromatic carbocycles. The normalized spacial score (nSPS) is 17.1. The molecule has 0 bridgehead atoms. The fourth-order valence-electron chi connectivity index (χ4n) is 9.98. The predicted octanol–water partition coefficient (Wildman–Crippen LogP) is 12.3. The van der Waals surface area contributed by atoms with Crippen molar-refractivity contribution in [3.8, 4) is 33.4 Å². The maximum absolute atomic E-state index is 14.6. The second kappa shape index (κ2) is 15.3. The van der Waals surface area contributed by atoms with Crippen molar-refractivity contribution in [1.82, 2.24) is 0 Å². The van der Waals surface area contributed by atoms with E-state index < -0.39 is 54.7 Å². The molecule has 0 aromatic heterocycles. The van der Waals surface area contributed by atoms with Crippen LogP contribution in [-0.2, 0) is 34.1 Å². The third-order valence-electron chi connectivity index (χ3n) is 12.2. The van der Waals surface area contributed by atoms with E-state index in [1.54, 1.807) is 24.3 Å². The number of rotatable bonds is 9. The fraction of sp³-hybridized carbons (Fsp3) is 0.200. The van der Waals surface area contributed by atoms with Crippen LogP contribution in [0.25, 0.3) is 45.5 Å². The van der Waals surface area contributed by atoms with Crippen molar-refractivity contribution in [3.05, 3.63) is 172 Å². The molecule has 6 aromatic rings. The summed E-state index contributed by atoms with van der Waals surface area (Å²) in [5, 5.41) is 2.88. The van der Waals surface area contributed by atoms with Gasteiger partial charge < -0.3 is 0 Å². The van der Waals surface area contributed by atoms with Gasteiger partial charge in [0, 0.05) is 0 Å². The Bertz CT molecular complexity index is 2500. The van der Waals surface area contributed by atoms with Gasteiger partial charge >= 0.3 is 348 Å². The van der Waals surface area contributed by atoms with E-state index in [4.69, 9.17) is 0 Å². The number of halogens is 6. The molecule has 2 unspecified atom stereocenters. The number of hydrogen-bond acceptors (Lipinski definition) is 0. The van der Waals surface area contributed by atoms with E-state index in [9.17, 15) is 26.3 Å². The van der Waals surface area contributed by atoms with Crippen molar-refractivity contribution in [2.75, 3.05) is 0 Å².